The molecule has 0 saturated carbocycles. The van der Waals surface area contributed by atoms with Crippen molar-refractivity contribution in [2.24, 2.45) is 13.0 Å². The quantitative estimate of drug-likeness (QED) is 0.826. The van der Waals surface area contributed by atoms with Crippen molar-refractivity contribution in [3.8, 4) is 0 Å². The normalized spacial score (nSPS) is 10.9. The Kier molecular flexibility index (Phi) is 5.49. The Morgan fingerprint density at radius 1 is 1.29 bits per heavy atom. The number of hydrogen-bond acceptors (Lipinski definition) is 3. The Morgan fingerprint density at radius 2 is 1.96 bits per heavy atom. The molecule has 0 atom stereocenters. The highest BCUT2D eigenvalue weighted by Crippen LogP contribution is 2.20. The lowest BCUT2D eigenvalue weighted by Crippen LogP contribution is -2.18. The summed E-state index contributed by atoms with van der Waals surface area (Å²) in [6.45, 7) is 5.59. The Balaban J connectivity index is 2.16. The van der Waals surface area contributed by atoms with Crippen molar-refractivity contribution in [3.05, 3.63) is 47.0 Å². The van der Waals surface area contributed by atoms with E-state index < -0.39 is 5.95 Å². The van der Waals surface area contributed by atoms with Crippen molar-refractivity contribution in [2.45, 2.75) is 33.6 Å². The van der Waals surface area contributed by atoms with Gasteiger partial charge in [0.15, 0.2) is 5.78 Å². The number of nitrogens with one attached hydrogen (secondary N) is 1. The zero-order chi connectivity index (χ0) is 17.9. The summed E-state index contributed by atoms with van der Waals surface area (Å²) in [5.41, 5.74) is 1.67. The van der Waals surface area contributed by atoms with E-state index in [0.29, 0.717) is 23.4 Å². The molecule has 1 amide bonds. The van der Waals surface area contributed by atoms with Crippen LogP contribution in [0.5, 0.6) is 0 Å². The van der Waals surface area contributed by atoms with Gasteiger partial charge in [0.2, 0.25) is 11.9 Å². The maximum atomic E-state index is 13.9. The van der Waals surface area contributed by atoms with E-state index in [-0.39, 0.29) is 29.6 Å². The summed E-state index contributed by atoms with van der Waals surface area (Å²) in [4.78, 5) is 24.6. The topological polar surface area (TPSA) is 64.0 Å². The lowest BCUT2D eigenvalue weighted by molar-refractivity contribution is -0.115. The first-order valence-corrected chi connectivity index (χ1v) is 7.89. The van der Waals surface area contributed by atoms with Crippen molar-refractivity contribution < 1.29 is 14.0 Å². The molecule has 0 unspecified atom stereocenters. The number of aromatic nitrogens is 2. The molecule has 0 fully saturated rings. The van der Waals surface area contributed by atoms with Crippen LogP contribution in [0.25, 0.3) is 0 Å². The summed E-state index contributed by atoms with van der Waals surface area (Å²) in [7, 11) is 1.49. The van der Waals surface area contributed by atoms with Gasteiger partial charge in [-0.05, 0) is 25.0 Å². The highest BCUT2D eigenvalue weighted by Gasteiger charge is 2.18. The summed E-state index contributed by atoms with van der Waals surface area (Å²) in [6, 6.07) is 6.87. The van der Waals surface area contributed by atoms with Crippen LogP contribution >= 0.6 is 0 Å². The molecule has 5 nitrogen and oxygen atoms in total. The second kappa shape index (κ2) is 7.38. The third kappa shape index (κ3) is 4.07. The Labute approximate surface area is 140 Å². The van der Waals surface area contributed by atoms with Gasteiger partial charge in [-0.15, -0.1) is 0 Å². The number of amides is 1. The molecule has 0 saturated heterocycles. The van der Waals surface area contributed by atoms with Gasteiger partial charge in [0.05, 0.1) is 17.8 Å². The van der Waals surface area contributed by atoms with Gasteiger partial charge in [0.25, 0.3) is 0 Å². The molecule has 1 N–H and O–H groups in total. The standard InChI is InChI=1S/C18H22FN3O2/c1-11(2)9-16(23)13-7-5-6-8-15(13)20-17(24)10-14-12(3)21-22(4)18(14)19/h5-8,11H,9-10H2,1-4H3,(H,20,24). The number of para-hydroxylation sites is 1. The van der Waals surface area contributed by atoms with Gasteiger partial charge in [-0.2, -0.15) is 9.49 Å². The molecule has 2 aromatic rings. The van der Waals surface area contributed by atoms with Crippen LogP contribution in [0.1, 0.15) is 41.9 Å². The lowest BCUT2D eigenvalue weighted by Gasteiger charge is -2.11. The number of carbonyl (C=O) groups is 2. The van der Waals surface area contributed by atoms with Crippen molar-refractivity contribution in [1.29, 1.82) is 0 Å². The molecule has 6 heteroatoms. The molecule has 0 bridgehead atoms. The average molecular weight is 331 g/mol. The van der Waals surface area contributed by atoms with Crippen LogP contribution in [-0.2, 0) is 18.3 Å². The van der Waals surface area contributed by atoms with Gasteiger partial charge in [-0.25, -0.2) is 4.68 Å². The summed E-state index contributed by atoms with van der Waals surface area (Å²) < 4.78 is 15.0. The zero-order valence-electron chi connectivity index (χ0n) is 14.4. The van der Waals surface area contributed by atoms with E-state index in [9.17, 15) is 14.0 Å². The number of nitrogens with zero attached hydrogens (tertiary/aromatic N) is 2. The van der Waals surface area contributed by atoms with E-state index in [4.69, 9.17) is 0 Å². The van der Waals surface area contributed by atoms with Crippen LogP contribution in [0.15, 0.2) is 24.3 Å². The highest BCUT2D eigenvalue weighted by atomic mass is 19.1. The van der Waals surface area contributed by atoms with E-state index in [1.165, 1.54) is 7.05 Å². The number of benzene rings is 1. The first-order chi connectivity index (χ1) is 11.3. The number of halogens is 1. The summed E-state index contributed by atoms with van der Waals surface area (Å²) in [5, 5.41) is 6.67. The molecule has 0 aliphatic heterocycles. The number of hydrogen-bond donors (Lipinski definition) is 1. The Morgan fingerprint density at radius 3 is 2.54 bits per heavy atom. The molecule has 1 aromatic heterocycles. The fourth-order valence-electron chi connectivity index (χ4n) is 2.55. The fraction of sp³-hybridized carbons (Fsp3) is 0.389. The molecular weight excluding hydrogens is 309 g/mol. The average Bonchev–Trinajstić information content (AvgIpc) is 2.73. The molecule has 1 aromatic carbocycles. The lowest BCUT2D eigenvalue weighted by atomic mass is 10.00. The van der Waals surface area contributed by atoms with Crippen LogP contribution in [0, 0.1) is 18.8 Å². The number of anilines is 1. The van der Waals surface area contributed by atoms with Gasteiger partial charge in [-0.3, -0.25) is 9.59 Å². The SMILES string of the molecule is Cc1nn(C)c(F)c1CC(=O)Nc1ccccc1C(=O)CC(C)C. The van der Waals surface area contributed by atoms with E-state index in [2.05, 4.69) is 10.4 Å². The maximum absolute atomic E-state index is 13.9. The largest absolute Gasteiger partial charge is 0.325 e. The Hall–Kier alpha value is -2.50. The highest BCUT2D eigenvalue weighted by molar-refractivity contribution is 6.05. The van der Waals surface area contributed by atoms with Crippen LogP contribution in [0.3, 0.4) is 0 Å². The Bertz CT molecular complexity index is 766. The molecule has 0 aliphatic carbocycles. The summed E-state index contributed by atoms with van der Waals surface area (Å²) in [5.74, 6) is -0.695. The number of rotatable bonds is 6. The van der Waals surface area contributed by atoms with Crippen LogP contribution < -0.4 is 5.32 Å². The van der Waals surface area contributed by atoms with E-state index in [1.807, 2.05) is 13.8 Å². The van der Waals surface area contributed by atoms with Crippen LogP contribution in [-0.4, -0.2) is 21.5 Å². The minimum Gasteiger partial charge on any atom is -0.325 e. The van der Waals surface area contributed by atoms with Gasteiger partial charge in [0, 0.05) is 24.6 Å². The molecule has 1 heterocycles. The summed E-state index contributed by atoms with van der Waals surface area (Å²) >= 11 is 0. The minimum atomic E-state index is -0.521. The number of carbonyl (C=O) groups excluding carboxylic acids is 2. The van der Waals surface area contributed by atoms with Gasteiger partial charge >= 0.3 is 0 Å². The third-order valence-electron chi connectivity index (χ3n) is 3.70. The van der Waals surface area contributed by atoms with E-state index in [1.54, 1.807) is 31.2 Å². The first kappa shape index (κ1) is 17.8. The second-order valence-electron chi connectivity index (χ2n) is 6.27. The molecule has 0 radical (unpaired) electrons. The van der Waals surface area contributed by atoms with Crippen molar-refractivity contribution in [1.82, 2.24) is 9.78 Å². The smallest absolute Gasteiger partial charge is 0.229 e. The monoisotopic (exact) mass is 331 g/mol. The number of ketones is 1. The van der Waals surface area contributed by atoms with E-state index in [0.717, 1.165) is 4.68 Å². The molecular formula is C18H22FN3O2. The third-order valence-corrected chi connectivity index (χ3v) is 3.70. The zero-order valence-corrected chi connectivity index (χ0v) is 14.4. The fourth-order valence-corrected chi connectivity index (χ4v) is 2.55. The summed E-state index contributed by atoms with van der Waals surface area (Å²) in [6.07, 6.45) is 0.279. The van der Waals surface area contributed by atoms with Gasteiger partial charge < -0.3 is 5.32 Å². The molecule has 2 rings (SSSR count). The van der Waals surface area contributed by atoms with Crippen molar-refractivity contribution >= 4 is 17.4 Å². The molecule has 128 valence electrons. The maximum Gasteiger partial charge on any atom is 0.229 e. The molecule has 0 aliphatic rings. The van der Waals surface area contributed by atoms with Crippen LogP contribution in [0.4, 0.5) is 10.1 Å². The second-order valence-corrected chi connectivity index (χ2v) is 6.27. The van der Waals surface area contributed by atoms with Crippen molar-refractivity contribution in [2.75, 3.05) is 5.32 Å². The van der Waals surface area contributed by atoms with Gasteiger partial charge in [0.1, 0.15) is 0 Å². The van der Waals surface area contributed by atoms with Crippen molar-refractivity contribution in [3.63, 3.8) is 0 Å². The molecule has 24 heavy (non-hydrogen) atoms. The van der Waals surface area contributed by atoms with Gasteiger partial charge in [-0.1, -0.05) is 26.0 Å². The predicted molar refractivity (Wildman–Crippen MR) is 90.5 cm³/mol. The van der Waals surface area contributed by atoms with Crippen LogP contribution in [0.2, 0.25) is 0 Å². The predicted octanol–water partition coefficient (Wildman–Crippen LogP) is 3.28. The first-order valence-electron chi connectivity index (χ1n) is 7.89. The number of Topliss-reactive ketones (excluding diaryl/α,β-unsaturated/α-hetero) is 1. The molecule has 0 spiro atoms. The van der Waals surface area contributed by atoms with E-state index >= 15 is 0 Å². The number of aryl methyl sites for hydroxylation is 2. The minimum absolute atomic E-state index is 0.0235.